The van der Waals surface area contributed by atoms with Crippen molar-refractivity contribution in [3.05, 3.63) is 60.2 Å². The molecule has 0 saturated carbocycles. The Morgan fingerprint density at radius 1 is 1.00 bits per heavy atom. The van der Waals surface area contributed by atoms with Gasteiger partial charge in [0.15, 0.2) is 0 Å². The molecular formula is C18H20O4. The largest absolute Gasteiger partial charge is 0.507 e. The first kappa shape index (κ1) is 16.1. The van der Waals surface area contributed by atoms with Crippen LogP contribution in [0, 0.1) is 0 Å². The fourth-order valence-electron chi connectivity index (χ4n) is 2.32. The van der Waals surface area contributed by atoms with E-state index >= 15 is 0 Å². The number of rotatable bonds is 5. The molecule has 0 fully saturated rings. The smallest absolute Gasteiger partial charge is 0.123 e. The number of aliphatic hydroxyl groups is 2. The molecule has 0 bridgehead atoms. The molecule has 0 aliphatic carbocycles. The minimum absolute atomic E-state index is 0.00686. The zero-order valence-corrected chi connectivity index (χ0v) is 12.4. The lowest BCUT2D eigenvalue weighted by atomic mass is 9.95. The van der Waals surface area contributed by atoms with Gasteiger partial charge in [0.2, 0.25) is 0 Å². The lowest BCUT2D eigenvalue weighted by Crippen LogP contribution is -2.13. The van der Waals surface area contributed by atoms with Crippen LogP contribution >= 0.6 is 0 Å². The molecule has 4 N–H and O–H groups in total. The molecule has 0 amide bonds. The maximum absolute atomic E-state index is 10.1. The minimum atomic E-state index is -1.06. The summed E-state index contributed by atoms with van der Waals surface area (Å²) in [4.78, 5) is 0. The van der Waals surface area contributed by atoms with Gasteiger partial charge < -0.3 is 20.4 Å². The molecular weight excluding hydrogens is 280 g/mol. The number of benzene rings is 2. The maximum atomic E-state index is 10.1. The topological polar surface area (TPSA) is 80.9 Å². The van der Waals surface area contributed by atoms with Crippen LogP contribution in [0.15, 0.2) is 49.1 Å². The quantitative estimate of drug-likeness (QED) is 0.640. The Kier molecular flexibility index (Phi) is 4.85. The van der Waals surface area contributed by atoms with E-state index < -0.39 is 12.2 Å². The average molecular weight is 300 g/mol. The molecule has 0 aliphatic rings. The molecule has 0 radical (unpaired) electrons. The van der Waals surface area contributed by atoms with E-state index in [1.807, 2.05) is 0 Å². The molecule has 2 rings (SSSR count). The van der Waals surface area contributed by atoms with Gasteiger partial charge in [-0.25, -0.2) is 0 Å². The van der Waals surface area contributed by atoms with Crippen LogP contribution in [0.1, 0.15) is 24.2 Å². The van der Waals surface area contributed by atoms with Crippen molar-refractivity contribution in [2.75, 3.05) is 0 Å². The molecule has 2 atom stereocenters. The van der Waals surface area contributed by atoms with E-state index in [1.54, 1.807) is 36.4 Å². The zero-order valence-electron chi connectivity index (χ0n) is 12.4. The molecule has 2 unspecified atom stereocenters. The Hall–Kier alpha value is -2.30. The lowest BCUT2D eigenvalue weighted by molar-refractivity contribution is 0.0305. The highest BCUT2D eigenvalue weighted by Gasteiger charge is 2.17. The number of phenolic OH excluding ortho intramolecular Hbond substituents is 2. The van der Waals surface area contributed by atoms with Gasteiger partial charge >= 0.3 is 0 Å². The molecule has 0 aliphatic heterocycles. The number of hydrogen-bond acceptors (Lipinski definition) is 4. The molecule has 2 aromatic rings. The van der Waals surface area contributed by atoms with Crippen LogP contribution in [0.5, 0.6) is 11.5 Å². The average Bonchev–Trinajstić information content (AvgIpc) is 2.49. The zero-order chi connectivity index (χ0) is 16.3. The predicted molar refractivity (Wildman–Crippen MR) is 85.7 cm³/mol. The third-order valence-electron chi connectivity index (χ3n) is 3.55. The van der Waals surface area contributed by atoms with Crippen molar-refractivity contribution in [3.8, 4) is 22.6 Å². The van der Waals surface area contributed by atoms with Crippen molar-refractivity contribution in [3.63, 3.8) is 0 Å². The molecule has 4 heteroatoms. The monoisotopic (exact) mass is 300 g/mol. The van der Waals surface area contributed by atoms with Crippen molar-refractivity contribution < 1.29 is 20.4 Å². The second-order valence-corrected chi connectivity index (χ2v) is 5.31. The highest BCUT2D eigenvalue weighted by molar-refractivity contribution is 5.76. The Bertz CT molecular complexity index is 677. The van der Waals surface area contributed by atoms with E-state index in [0.29, 0.717) is 23.1 Å². The number of allylic oxidation sites excluding steroid dienone is 1. The van der Waals surface area contributed by atoms with Gasteiger partial charge in [0, 0.05) is 11.1 Å². The summed E-state index contributed by atoms with van der Waals surface area (Å²) in [6, 6.07) is 9.66. The summed E-state index contributed by atoms with van der Waals surface area (Å²) in [5.41, 5.74) is 2.29. The minimum Gasteiger partial charge on any atom is -0.507 e. The van der Waals surface area contributed by atoms with Gasteiger partial charge in [-0.15, -0.1) is 6.58 Å². The molecule has 0 spiro atoms. The van der Waals surface area contributed by atoms with Crippen LogP contribution in [-0.2, 0) is 6.42 Å². The molecule has 0 aromatic heterocycles. The summed E-state index contributed by atoms with van der Waals surface area (Å²) < 4.78 is 0. The van der Waals surface area contributed by atoms with E-state index in [2.05, 4.69) is 6.58 Å². The SMILES string of the molecule is C=CCc1ccc(O)c(-c2cc(C(O)C(C)O)ccc2O)c1. The van der Waals surface area contributed by atoms with E-state index in [0.717, 1.165) is 5.56 Å². The second kappa shape index (κ2) is 6.64. The number of phenols is 2. The van der Waals surface area contributed by atoms with E-state index in [1.165, 1.54) is 13.0 Å². The number of hydrogen-bond donors (Lipinski definition) is 4. The first-order valence-corrected chi connectivity index (χ1v) is 7.06. The summed E-state index contributed by atoms with van der Waals surface area (Å²) in [6.07, 6.45) is 0.407. The first-order valence-electron chi connectivity index (χ1n) is 7.06. The number of aromatic hydroxyl groups is 2. The maximum Gasteiger partial charge on any atom is 0.123 e. The van der Waals surface area contributed by atoms with Crippen LogP contribution in [0.2, 0.25) is 0 Å². The summed E-state index contributed by atoms with van der Waals surface area (Å²) in [5, 5.41) is 39.6. The van der Waals surface area contributed by atoms with Gasteiger partial charge in [-0.1, -0.05) is 18.2 Å². The van der Waals surface area contributed by atoms with Gasteiger partial charge in [-0.2, -0.15) is 0 Å². The van der Waals surface area contributed by atoms with Crippen LogP contribution in [0.3, 0.4) is 0 Å². The van der Waals surface area contributed by atoms with Gasteiger partial charge in [0.1, 0.15) is 17.6 Å². The summed E-state index contributed by atoms with van der Waals surface area (Å²) in [7, 11) is 0. The third-order valence-corrected chi connectivity index (χ3v) is 3.55. The Morgan fingerprint density at radius 3 is 2.18 bits per heavy atom. The molecule has 0 heterocycles. The molecule has 2 aromatic carbocycles. The van der Waals surface area contributed by atoms with Crippen molar-refractivity contribution in [2.45, 2.75) is 25.6 Å². The summed E-state index contributed by atoms with van der Waals surface area (Å²) >= 11 is 0. The van der Waals surface area contributed by atoms with Gasteiger partial charge in [0.05, 0.1) is 6.10 Å². The molecule has 4 nitrogen and oxygen atoms in total. The van der Waals surface area contributed by atoms with Crippen molar-refractivity contribution in [2.24, 2.45) is 0 Å². The molecule has 22 heavy (non-hydrogen) atoms. The Labute approximate surface area is 129 Å². The lowest BCUT2D eigenvalue weighted by Gasteiger charge is -2.16. The standard InChI is InChI=1S/C18H20O4/c1-3-4-12-5-7-16(20)14(9-12)15-10-13(6-8-17(15)21)18(22)11(2)19/h3,5-11,18-22H,1,4H2,2H3. The highest BCUT2D eigenvalue weighted by atomic mass is 16.3. The predicted octanol–water partition coefficient (Wildman–Crippen LogP) is 2.91. The highest BCUT2D eigenvalue weighted by Crippen LogP contribution is 2.37. The van der Waals surface area contributed by atoms with E-state index in [-0.39, 0.29) is 11.5 Å². The molecule has 116 valence electrons. The molecule has 0 saturated heterocycles. The van der Waals surface area contributed by atoms with Crippen LogP contribution in [0.4, 0.5) is 0 Å². The van der Waals surface area contributed by atoms with E-state index in [9.17, 15) is 20.4 Å². The normalized spacial score (nSPS) is 13.6. The Balaban J connectivity index is 2.54. The van der Waals surface area contributed by atoms with E-state index in [4.69, 9.17) is 0 Å². The Morgan fingerprint density at radius 2 is 1.59 bits per heavy atom. The third kappa shape index (κ3) is 3.30. The summed E-state index contributed by atoms with van der Waals surface area (Å²) in [6.45, 7) is 5.17. The van der Waals surface area contributed by atoms with Crippen molar-refractivity contribution in [1.82, 2.24) is 0 Å². The van der Waals surface area contributed by atoms with Gasteiger partial charge in [0.25, 0.3) is 0 Å². The van der Waals surface area contributed by atoms with Crippen molar-refractivity contribution in [1.29, 1.82) is 0 Å². The number of aliphatic hydroxyl groups excluding tert-OH is 2. The first-order chi connectivity index (χ1) is 10.4. The van der Waals surface area contributed by atoms with Crippen LogP contribution < -0.4 is 0 Å². The van der Waals surface area contributed by atoms with Gasteiger partial charge in [-0.3, -0.25) is 0 Å². The second-order valence-electron chi connectivity index (χ2n) is 5.31. The van der Waals surface area contributed by atoms with Gasteiger partial charge in [-0.05, 0) is 48.7 Å². The van der Waals surface area contributed by atoms with Crippen molar-refractivity contribution >= 4 is 0 Å². The fourth-order valence-corrected chi connectivity index (χ4v) is 2.32. The summed E-state index contributed by atoms with van der Waals surface area (Å²) in [5.74, 6) is 0.0272. The fraction of sp³-hybridized carbons (Fsp3) is 0.222. The van der Waals surface area contributed by atoms with Crippen LogP contribution in [0.25, 0.3) is 11.1 Å². The van der Waals surface area contributed by atoms with Crippen LogP contribution in [-0.4, -0.2) is 26.5 Å².